The summed E-state index contributed by atoms with van der Waals surface area (Å²) in [5, 5.41) is 16.7. The van der Waals surface area contributed by atoms with Gasteiger partial charge in [0.15, 0.2) is 17.4 Å². The van der Waals surface area contributed by atoms with E-state index in [1.807, 2.05) is 18.4 Å². The summed E-state index contributed by atoms with van der Waals surface area (Å²) in [5.74, 6) is -3.14. The van der Waals surface area contributed by atoms with E-state index >= 15 is 4.39 Å². The summed E-state index contributed by atoms with van der Waals surface area (Å²) < 4.78 is 51.7. The number of alkyl halides is 1. The lowest BCUT2D eigenvalue weighted by atomic mass is 9.68. The van der Waals surface area contributed by atoms with Gasteiger partial charge in [0.2, 0.25) is 5.67 Å². The quantitative estimate of drug-likeness (QED) is 0.410. The Hall–Kier alpha value is -3.49. The number of carboxylic acid groups (broad SMARTS) is 1. The average molecular weight is 457 g/mol. The van der Waals surface area contributed by atoms with Crippen LogP contribution in [0.4, 0.5) is 13.2 Å². The van der Waals surface area contributed by atoms with Gasteiger partial charge in [-0.05, 0) is 48.4 Å². The van der Waals surface area contributed by atoms with Gasteiger partial charge in [-0.2, -0.15) is 5.10 Å². The van der Waals surface area contributed by atoms with Crippen LogP contribution in [-0.2, 0) is 4.79 Å². The van der Waals surface area contributed by atoms with E-state index in [2.05, 4.69) is 10.2 Å². The van der Waals surface area contributed by atoms with Gasteiger partial charge in [-0.15, -0.1) is 0 Å². The molecule has 33 heavy (non-hydrogen) atoms. The van der Waals surface area contributed by atoms with Crippen LogP contribution in [0, 0.1) is 11.6 Å². The zero-order valence-corrected chi connectivity index (χ0v) is 18.2. The molecule has 2 aromatic heterocycles. The minimum Gasteiger partial charge on any atom is -0.494 e. The molecule has 0 atom stereocenters. The first kappa shape index (κ1) is 21.4. The highest BCUT2D eigenvalue weighted by Gasteiger charge is 2.53. The molecule has 172 valence electrons. The standard InChI is InChI=1S/C24H22F3N3O3/c1-11(2)22-18(13-8-24(27,9-13)23(31)32)19-16(6-12-10-28-29-21(12)20(19)26)30(22)14-4-5-15(25)17(7-14)33-3/h4-7,10-11,13H,8-9H2,1-3H3,(H,28,29)(H,31,32). The molecule has 0 aliphatic heterocycles. The molecule has 5 rings (SSSR count). The summed E-state index contributed by atoms with van der Waals surface area (Å²) in [6.07, 6.45) is 1.03. The summed E-state index contributed by atoms with van der Waals surface area (Å²) >= 11 is 0. The predicted octanol–water partition coefficient (Wildman–Crippen LogP) is 5.59. The molecule has 1 aliphatic rings. The lowest BCUT2D eigenvalue weighted by molar-refractivity contribution is -0.158. The van der Waals surface area contributed by atoms with Crippen LogP contribution in [0.15, 0.2) is 30.5 Å². The molecule has 0 amide bonds. The number of nitrogens with one attached hydrogen (secondary N) is 1. The molecule has 6 nitrogen and oxygen atoms in total. The number of hydrogen-bond acceptors (Lipinski definition) is 3. The van der Waals surface area contributed by atoms with Crippen LogP contribution in [0.1, 0.15) is 49.8 Å². The van der Waals surface area contributed by atoms with E-state index in [1.165, 1.54) is 25.4 Å². The Morgan fingerprint density at radius 3 is 2.67 bits per heavy atom. The number of halogens is 3. The number of aliphatic carboxylic acids is 1. The molecule has 0 spiro atoms. The van der Waals surface area contributed by atoms with Gasteiger partial charge in [0, 0.05) is 28.2 Å². The van der Waals surface area contributed by atoms with Crippen LogP contribution in [-0.4, -0.2) is 38.6 Å². The van der Waals surface area contributed by atoms with Crippen molar-refractivity contribution in [2.45, 2.75) is 44.2 Å². The van der Waals surface area contributed by atoms with Gasteiger partial charge >= 0.3 is 5.97 Å². The maximum absolute atomic E-state index is 15.8. The first-order valence-electron chi connectivity index (χ1n) is 10.6. The number of H-pyrrole nitrogens is 1. The number of fused-ring (bicyclic) bond motifs is 2. The van der Waals surface area contributed by atoms with E-state index in [1.54, 1.807) is 12.1 Å². The number of rotatable bonds is 5. The second-order valence-corrected chi connectivity index (χ2v) is 8.90. The second kappa shape index (κ2) is 7.26. The van der Waals surface area contributed by atoms with Crippen molar-refractivity contribution in [3.05, 3.63) is 53.4 Å². The van der Waals surface area contributed by atoms with Crippen LogP contribution in [0.3, 0.4) is 0 Å². The molecule has 0 radical (unpaired) electrons. The van der Waals surface area contributed by atoms with Crippen molar-refractivity contribution in [1.82, 2.24) is 14.8 Å². The molecule has 1 fully saturated rings. The normalized spacial score (nSPS) is 20.5. The van der Waals surface area contributed by atoms with Crippen LogP contribution in [0.2, 0.25) is 0 Å². The van der Waals surface area contributed by atoms with E-state index in [0.29, 0.717) is 22.2 Å². The van der Waals surface area contributed by atoms with Crippen LogP contribution >= 0.6 is 0 Å². The van der Waals surface area contributed by atoms with Crippen LogP contribution in [0.5, 0.6) is 5.75 Å². The predicted molar refractivity (Wildman–Crippen MR) is 117 cm³/mol. The summed E-state index contributed by atoms with van der Waals surface area (Å²) in [6.45, 7) is 3.86. The first-order chi connectivity index (χ1) is 15.7. The van der Waals surface area contributed by atoms with Crippen molar-refractivity contribution < 1.29 is 27.8 Å². The van der Waals surface area contributed by atoms with Crippen molar-refractivity contribution in [3.63, 3.8) is 0 Å². The minimum atomic E-state index is -2.33. The number of ether oxygens (including phenoxy) is 1. The van der Waals surface area contributed by atoms with Gasteiger partial charge in [0.05, 0.1) is 18.8 Å². The van der Waals surface area contributed by atoms with E-state index < -0.39 is 29.2 Å². The highest BCUT2D eigenvalue weighted by molar-refractivity contribution is 6.00. The number of aromatic nitrogens is 3. The third-order valence-electron chi connectivity index (χ3n) is 6.55. The third kappa shape index (κ3) is 3.02. The largest absolute Gasteiger partial charge is 0.494 e. The maximum atomic E-state index is 15.8. The molecule has 1 aliphatic carbocycles. The van der Waals surface area contributed by atoms with Crippen molar-refractivity contribution in [3.8, 4) is 11.4 Å². The first-order valence-corrected chi connectivity index (χ1v) is 10.6. The smallest absolute Gasteiger partial charge is 0.341 e. The summed E-state index contributed by atoms with van der Waals surface area (Å²) in [7, 11) is 1.36. The molecule has 1 saturated carbocycles. The molecule has 9 heteroatoms. The van der Waals surface area contributed by atoms with Crippen LogP contribution in [0.25, 0.3) is 27.5 Å². The van der Waals surface area contributed by atoms with E-state index in [9.17, 15) is 18.7 Å². The monoisotopic (exact) mass is 457 g/mol. The topological polar surface area (TPSA) is 80.1 Å². The molecule has 0 bridgehead atoms. The van der Waals surface area contributed by atoms with E-state index in [0.717, 1.165) is 5.69 Å². The molecule has 2 N–H and O–H groups in total. The fourth-order valence-electron chi connectivity index (χ4n) is 5.00. The highest BCUT2D eigenvalue weighted by Crippen LogP contribution is 2.53. The van der Waals surface area contributed by atoms with Gasteiger partial charge < -0.3 is 14.4 Å². The van der Waals surface area contributed by atoms with Crippen molar-refractivity contribution in [2.75, 3.05) is 7.11 Å². The van der Waals surface area contributed by atoms with Gasteiger partial charge in [-0.1, -0.05) is 13.8 Å². The number of carbonyl (C=O) groups is 1. The molecule has 2 aromatic carbocycles. The molecular weight excluding hydrogens is 435 g/mol. The highest BCUT2D eigenvalue weighted by atomic mass is 19.1. The van der Waals surface area contributed by atoms with Gasteiger partial charge in [-0.3, -0.25) is 5.10 Å². The Morgan fingerprint density at radius 1 is 1.30 bits per heavy atom. The number of carboxylic acids is 1. The Balaban J connectivity index is 1.86. The number of aromatic amines is 1. The third-order valence-corrected chi connectivity index (χ3v) is 6.55. The zero-order chi connectivity index (χ0) is 23.7. The Labute approximate surface area is 187 Å². The van der Waals surface area contributed by atoms with Crippen molar-refractivity contribution >= 4 is 27.8 Å². The van der Waals surface area contributed by atoms with Gasteiger partial charge in [0.1, 0.15) is 5.52 Å². The summed E-state index contributed by atoms with van der Waals surface area (Å²) in [4.78, 5) is 11.4. The molecule has 0 unspecified atom stereocenters. The van der Waals surface area contributed by atoms with Crippen molar-refractivity contribution in [2.24, 2.45) is 0 Å². The fourth-order valence-corrected chi connectivity index (χ4v) is 5.00. The molecule has 4 aromatic rings. The second-order valence-electron chi connectivity index (χ2n) is 8.90. The molecule has 2 heterocycles. The molecular formula is C24H22F3N3O3. The number of methoxy groups -OCH3 is 1. The summed E-state index contributed by atoms with van der Waals surface area (Å²) in [6, 6.07) is 6.15. The maximum Gasteiger partial charge on any atom is 0.341 e. The fraction of sp³-hybridized carbons (Fsp3) is 0.333. The van der Waals surface area contributed by atoms with E-state index in [-0.39, 0.29) is 35.4 Å². The summed E-state index contributed by atoms with van der Waals surface area (Å²) in [5.41, 5.74) is 0.250. The van der Waals surface area contributed by atoms with Gasteiger partial charge in [-0.25, -0.2) is 18.0 Å². The Bertz CT molecular complexity index is 1420. The van der Waals surface area contributed by atoms with Crippen molar-refractivity contribution in [1.29, 1.82) is 0 Å². The SMILES string of the molecule is COc1cc(-n2c(C(C)C)c(C3CC(F)(C(=O)O)C3)c3c(F)c4[nH]ncc4cc32)ccc1F. The molecule has 0 saturated heterocycles. The number of benzene rings is 2. The minimum absolute atomic E-state index is 0.0350. The Morgan fingerprint density at radius 2 is 2.03 bits per heavy atom. The van der Waals surface area contributed by atoms with Gasteiger partial charge in [0.25, 0.3) is 0 Å². The lowest BCUT2D eigenvalue weighted by Gasteiger charge is -2.39. The Kier molecular flexibility index (Phi) is 4.70. The zero-order valence-electron chi connectivity index (χ0n) is 18.2. The number of hydrogen-bond donors (Lipinski definition) is 2. The average Bonchev–Trinajstić information content (AvgIpc) is 3.35. The van der Waals surface area contributed by atoms with Crippen LogP contribution < -0.4 is 4.74 Å². The number of nitrogens with zero attached hydrogens (tertiary/aromatic N) is 2. The lowest BCUT2D eigenvalue weighted by Crippen LogP contribution is -2.45. The van der Waals surface area contributed by atoms with E-state index in [4.69, 9.17) is 4.74 Å².